The third kappa shape index (κ3) is 4.12. The highest BCUT2D eigenvalue weighted by Gasteiger charge is 2.27. The van der Waals surface area contributed by atoms with E-state index in [9.17, 15) is 4.79 Å². The molecule has 0 radical (unpaired) electrons. The number of carbonyl (C=O) groups excluding carboxylic acids is 1. The molecule has 0 aromatic heterocycles. The van der Waals surface area contributed by atoms with Crippen LogP contribution in [-0.2, 0) is 15.6 Å². The van der Waals surface area contributed by atoms with Crippen molar-refractivity contribution in [2.24, 2.45) is 0 Å². The predicted molar refractivity (Wildman–Crippen MR) is 93.8 cm³/mol. The van der Waals surface area contributed by atoms with Gasteiger partial charge in [-0.25, -0.2) is 0 Å². The third-order valence-electron chi connectivity index (χ3n) is 5.09. The molecule has 0 bridgehead atoms. The molecule has 0 N–H and O–H groups in total. The van der Waals surface area contributed by atoms with Crippen molar-refractivity contribution in [3.05, 3.63) is 29.3 Å². The fraction of sp³-hybridized carbons (Fsp3) is 0.650. The predicted octanol–water partition coefficient (Wildman–Crippen LogP) is 5.42. The number of benzene rings is 1. The van der Waals surface area contributed by atoms with Gasteiger partial charge in [0.1, 0.15) is 5.75 Å². The molecule has 0 heterocycles. The van der Waals surface area contributed by atoms with E-state index in [-0.39, 0.29) is 16.9 Å². The SMILES string of the molecule is CCC(C=O)Oc1ccc(C(C)(C)CC)cc1C(C)(C)CC. The molecule has 1 atom stereocenters. The Balaban J connectivity index is 3.36. The lowest BCUT2D eigenvalue weighted by molar-refractivity contribution is -0.113. The highest BCUT2D eigenvalue weighted by molar-refractivity contribution is 5.57. The van der Waals surface area contributed by atoms with Crippen LogP contribution in [0.1, 0.15) is 78.9 Å². The molecule has 2 heteroatoms. The Bertz CT molecular complexity index is 500. The van der Waals surface area contributed by atoms with E-state index in [2.05, 4.69) is 53.7 Å². The fourth-order valence-electron chi connectivity index (χ4n) is 2.35. The van der Waals surface area contributed by atoms with Gasteiger partial charge in [-0.2, -0.15) is 0 Å². The highest BCUT2D eigenvalue weighted by atomic mass is 16.5. The first-order valence-corrected chi connectivity index (χ1v) is 8.48. The first kappa shape index (κ1) is 18.7. The number of rotatable bonds is 8. The van der Waals surface area contributed by atoms with Gasteiger partial charge in [0.05, 0.1) is 0 Å². The minimum absolute atomic E-state index is 0.0241. The van der Waals surface area contributed by atoms with Gasteiger partial charge in [-0.1, -0.05) is 60.6 Å². The first-order valence-electron chi connectivity index (χ1n) is 8.48. The van der Waals surface area contributed by atoms with Crippen LogP contribution in [0, 0.1) is 0 Å². The molecule has 22 heavy (non-hydrogen) atoms. The van der Waals surface area contributed by atoms with Gasteiger partial charge in [0, 0.05) is 5.56 Å². The highest BCUT2D eigenvalue weighted by Crippen LogP contribution is 2.38. The molecular formula is C20H32O2. The summed E-state index contributed by atoms with van der Waals surface area (Å²) in [5.41, 5.74) is 2.70. The zero-order chi connectivity index (χ0) is 17.0. The maximum atomic E-state index is 11.1. The van der Waals surface area contributed by atoms with Gasteiger partial charge in [-0.15, -0.1) is 0 Å². The maximum Gasteiger partial charge on any atom is 0.160 e. The second-order valence-electron chi connectivity index (χ2n) is 7.39. The van der Waals surface area contributed by atoms with Crippen LogP contribution in [0.4, 0.5) is 0 Å². The summed E-state index contributed by atoms with van der Waals surface area (Å²) in [5.74, 6) is 0.849. The Morgan fingerprint density at radius 2 is 1.64 bits per heavy atom. The zero-order valence-corrected chi connectivity index (χ0v) is 15.3. The number of carbonyl (C=O) groups is 1. The number of ether oxygens (including phenoxy) is 1. The summed E-state index contributed by atoms with van der Waals surface area (Å²) in [6.07, 6.45) is 3.34. The van der Waals surface area contributed by atoms with Crippen LogP contribution in [0.25, 0.3) is 0 Å². The van der Waals surface area contributed by atoms with Crippen molar-refractivity contribution in [2.45, 2.75) is 84.7 Å². The largest absolute Gasteiger partial charge is 0.483 e. The van der Waals surface area contributed by atoms with E-state index in [0.29, 0.717) is 6.42 Å². The van der Waals surface area contributed by atoms with Gasteiger partial charge >= 0.3 is 0 Å². The van der Waals surface area contributed by atoms with Gasteiger partial charge in [0.25, 0.3) is 0 Å². The van der Waals surface area contributed by atoms with Gasteiger partial charge in [0.2, 0.25) is 0 Å². The lowest BCUT2D eigenvalue weighted by atomic mass is 9.76. The standard InChI is InChI=1S/C20H32O2/c1-8-16(14-21)22-18-12-11-15(19(4,5)9-2)13-17(18)20(6,7)10-3/h11-14,16H,8-10H2,1-7H3. The third-order valence-corrected chi connectivity index (χ3v) is 5.09. The van der Waals surface area contributed by atoms with Gasteiger partial charge in [-0.3, -0.25) is 4.79 Å². The lowest BCUT2D eigenvalue weighted by Gasteiger charge is -2.31. The Labute approximate surface area is 136 Å². The average Bonchev–Trinajstić information content (AvgIpc) is 2.52. The van der Waals surface area contributed by atoms with E-state index in [1.165, 1.54) is 11.1 Å². The average molecular weight is 304 g/mol. The minimum atomic E-state index is -0.364. The van der Waals surface area contributed by atoms with E-state index >= 15 is 0 Å². The molecule has 0 aliphatic heterocycles. The molecule has 0 amide bonds. The molecule has 0 aliphatic carbocycles. The van der Waals surface area contributed by atoms with Crippen LogP contribution in [0.15, 0.2) is 18.2 Å². The Hall–Kier alpha value is -1.31. The Kier molecular flexibility index (Phi) is 6.22. The van der Waals surface area contributed by atoms with Crippen molar-refractivity contribution in [1.82, 2.24) is 0 Å². The molecule has 124 valence electrons. The second-order valence-corrected chi connectivity index (χ2v) is 7.39. The van der Waals surface area contributed by atoms with Crippen LogP contribution in [0.3, 0.4) is 0 Å². The topological polar surface area (TPSA) is 26.3 Å². The van der Waals surface area contributed by atoms with Crippen molar-refractivity contribution < 1.29 is 9.53 Å². The van der Waals surface area contributed by atoms with E-state index in [4.69, 9.17) is 4.74 Å². The molecule has 1 aromatic carbocycles. The summed E-state index contributed by atoms with van der Waals surface area (Å²) < 4.78 is 5.97. The number of hydrogen-bond acceptors (Lipinski definition) is 2. The Morgan fingerprint density at radius 3 is 2.09 bits per heavy atom. The van der Waals surface area contributed by atoms with Gasteiger partial charge < -0.3 is 4.74 Å². The summed E-state index contributed by atoms with van der Waals surface area (Å²) in [7, 11) is 0. The van der Waals surface area contributed by atoms with Crippen LogP contribution < -0.4 is 4.74 Å². The fourth-order valence-corrected chi connectivity index (χ4v) is 2.35. The van der Waals surface area contributed by atoms with E-state index < -0.39 is 0 Å². The van der Waals surface area contributed by atoms with E-state index in [0.717, 1.165) is 24.9 Å². The minimum Gasteiger partial charge on any atom is -0.483 e. The van der Waals surface area contributed by atoms with Crippen LogP contribution in [0.5, 0.6) is 5.75 Å². The second kappa shape index (κ2) is 7.30. The molecule has 0 saturated carbocycles. The van der Waals surface area contributed by atoms with Crippen molar-refractivity contribution >= 4 is 6.29 Å². The van der Waals surface area contributed by atoms with Gasteiger partial charge in [-0.05, 0) is 41.7 Å². The summed E-state index contributed by atoms with van der Waals surface area (Å²) >= 11 is 0. The lowest BCUT2D eigenvalue weighted by Crippen LogP contribution is -2.24. The van der Waals surface area contributed by atoms with E-state index in [1.54, 1.807) is 0 Å². The molecule has 1 aromatic rings. The van der Waals surface area contributed by atoms with Crippen LogP contribution in [0.2, 0.25) is 0 Å². The summed E-state index contributed by atoms with van der Waals surface area (Å²) in [6.45, 7) is 15.4. The number of aldehydes is 1. The monoisotopic (exact) mass is 304 g/mol. The molecule has 0 spiro atoms. The molecule has 0 aliphatic rings. The van der Waals surface area contributed by atoms with Crippen molar-refractivity contribution in [1.29, 1.82) is 0 Å². The molecule has 0 saturated heterocycles. The quantitative estimate of drug-likeness (QED) is 0.600. The molecule has 2 nitrogen and oxygen atoms in total. The maximum absolute atomic E-state index is 11.1. The first-order chi connectivity index (χ1) is 10.2. The molecule has 1 rings (SSSR count). The summed E-state index contributed by atoms with van der Waals surface area (Å²) in [4.78, 5) is 11.1. The molecule has 0 fully saturated rings. The van der Waals surface area contributed by atoms with Gasteiger partial charge in [0.15, 0.2) is 12.4 Å². The van der Waals surface area contributed by atoms with Crippen molar-refractivity contribution in [2.75, 3.05) is 0 Å². The van der Waals surface area contributed by atoms with Crippen LogP contribution >= 0.6 is 0 Å². The summed E-state index contributed by atoms with van der Waals surface area (Å²) in [5, 5.41) is 0. The van der Waals surface area contributed by atoms with Crippen molar-refractivity contribution in [3.63, 3.8) is 0 Å². The smallest absolute Gasteiger partial charge is 0.160 e. The normalized spacial score (nSPS) is 13.8. The molecule has 1 unspecified atom stereocenters. The Morgan fingerprint density at radius 1 is 1.05 bits per heavy atom. The van der Waals surface area contributed by atoms with E-state index in [1.807, 2.05) is 13.0 Å². The molecular weight excluding hydrogens is 272 g/mol. The zero-order valence-electron chi connectivity index (χ0n) is 15.3. The summed E-state index contributed by atoms with van der Waals surface area (Å²) in [6, 6.07) is 6.47. The number of hydrogen-bond donors (Lipinski definition) is 0. The van der Waals surface area contributed by atoms with Crippen LogP contribution in [-0.4, -0.2) is 12.4 Å². The van der Waals surface area contributed by atoms with Crippen molar-refractivity contribution in [3.8, 4) is 5.75 Å².